The lowest BCUT2D eigenvalue weighted by molar-refractivity contribution is -0.117. The van der Waals surface area contributed by atoms with E-state index in [9.17, 15) is 14.4 Å². The molecule has 0 aliphatic rings. The molecule has 4 rings (SSSR count). The maximum atomic E-state index is 12.8. The minimum absolute atomic E-state index is 0.284. The number of amides is 2. The summed E-state index contributed by atoms with van der Waals surface area (Å²) in [5.74, 6) is -0.123. The van der Waals surface area contributed by atoms with Crippen LogP contribution in [-0.2, 0) is 17.9 Å². The van der Waals surface area contributed by atoms with Gasteiger partial charge in [-0.3, -0.25) is 9.59 Å². The summed E-state index contributed by atoms with van der Waals surface area (Å²) < 4.78 is 12.6. The van der Waals surface area contributed by atoms with Crippen LogP contribution >= 0.6 is 11.6 Å². The van der Waals surface area contributed by atoms with Gasteiger partial charge in [0.15, 0.2) is 5.65 Å². The number of hydrogen-bond acceptors (Lipinski definition) is 6. The molecule has 0 radical (unpaired) electrons. The van der Waals surface area contributed by atoms with Gasteiger partial charge in [0.1, 0.15) is 18.0 Å². The van der Waals surface area contributed by atoms with Crippen molar-refractivity contribution in [2.24, 2.45) is 0 Å². The Morgan fingerprint density at radius 3 is 2.49 bits per heavy atom. The van der Waals surface area contributed by atoms with E-state index in [1.54, 1.807) is 18.2 Å². The average molecular weight is 496 g/mol. The molecule has 2 amide bonds. The van der Waals surface area contributed by atoms with E-state index in [-0.39, 0.29) is 23.0 Å². The predicted molar refractivity (Wildman–Crippen MR) is 130 cm³/mol. The first-order valence-corrected chi connectivity index (χ1v) is 10.9. The molecule has 0 bridgehead atoms. The molecular weight excluding hydrogens is 474 g/mol. The minimum Gasteiger partial charge on any atom is -0.495 e. The molecule has 180 valence electrons. The minimum atomic E-state index is -0.562. The van der Waals surface area contributed by atoms with Crippen LogP contribution in [0.25, 0.3) is 5.65 Å². The first-order chi connectivity index (χ1) is 16.9. The third kappa shape index (κ3) is 5.28. The van der Waals surface area contributed by atoms with Crippen molar-refractivity contribution in [3.05, 3.63) is 87.4 Å². The van der Waals surface area contributed by atoms with Crippen LogP contribution in [-0.4, -0.2) is 40.2 Å². The van der Waals surface area contributed by atoms with Crippen LogP contribution < -0.4 is 25.8 Å². The monoisotopic (exact) mass is 495 g/mol. The Balaban J connectivity index is 1.49. The molecule has 10 nitrogen and oxygen atoms in total. The van der Waals surface area contributed by atoms with Crippen molar-refractivity contribution < 1.29 is 19.1 Å². The fourth-order valence-electron chi connectivity index (χ4n) is 3.42. The van der Waals surface area contributed by atoms with Gasteiger partial charge in [-0.2, -0.15) is 0 Å². The molecule has 2 heterocycles. The molecular formula is C24H22ClN5O5. The molecule has 11 heteroatoms. The Labute approximate surface area is 205 Å². The number of methoxy groups -OCH3 is 2. The van der Waals surface area contributed by atoms with E-state index in [0.29, 0.717) is 29.4 Å². The van der Waals surface area contributed by atoms with Crippen LogP contribution in [0.4, 0.5) is 5.69 Å². The topological polar surface area (TPSA) is 116 Å². The van der Waals surface area contributed by atoms with E-state index in [1.165, 1.54) is 30.9 Å². The molecule has 0 aliphatic heterocycles. The third-order valence-electron chi connectivity index (χ3n) is 5.18. The van der Waals surface area contributed by atoms with E-state index in [0.717, 1.165) is 10.2 Å². The summed E-state index contributed by atoms with van der Waals surface area (Å²) >= 11 is 6.14. The zero-order valence-corrected chi connectivity index (χ0v) is 19.7. The van der Waals surface area contributed by atoms with Crippen molar-refractivity contribution in [3.8, 4) is 11.5 Å². The number of fused-ring (bicyclic) bond motifs is 1. The van der Waals surface area contributed by atoms with Gasteiger partial charge in [0.25, 0.3) is 5.91 Å². The number of pyridine rings is 1. The number of aromatic nitrogens is 3. The Bertz CT molecular complexity index is 1450. The molecule has 2 N–H and O–H groups in total. The summed E-state index contributed by atoms with van der Waals surface area (Å²) in [7, 11) is 2.91. The van der Waals surface area contributed by atoms with E-state index in [4.69, 9.17) is 21.1 Å². The van der Waals surface area contributed by atoms with Crippen LogP contribution in [0.15, 0.2) is 65.6 Å². The Hall–Kier alpha value is -4.31. The number of halogens is 1. The summed E-state index contributed by atoms with van der Waals surface area (Å²) in [4.78, 5) is 38.0. The number of ether oxygens (including phenoxy) is 2. The number of anilines is 1. The summed E-state index contributed by atoms with van der Waals surface area (Å²) in [5.41, 5.74) is 1.29. The second-order valence-corrected chi connectivity index (χ2v) is 7.90. The first-order valence-electron chi connectivity index (χ1n) is 10.5. The van der Waals surface area contributed by atoms with Gasteiger partial charge >= 0.3 is 5.69 Å². The van der Waals surface area contributed by atoms with Crippen molar-refractivity contribution >= 4 is 34.7 Å². The maximum Gasteiger partial charge on any atom is 0.350 e. The fraction of sp³-hybridized carbons (Fsp3) is 0.167. The summed E-state index contributed by atoms with van der Waals surface area (Å²) in [6.07, 6.45) is 1.39. The van der Waals surface area contributed by atoms with Gasteiger partial charge in [0.2, 0.25) is 5.91 Å². The van der Waals surface area contributed by atoms with Crippen molar-refractivity contribution in [2.75, 3.05) is 19.5 Å². The normalized spacial score (nSPS) is 10.7. The SMILES string of the molecule is COc1cc(OC)c(NC(=O)Cn2nc3ccc(C(=O)NCc4ccccc4)cn3c2=O)cc1Cl. The van der Waals surface area contributed by atoms with Gasteiger partial charge in [0.05, 0.1) is 30.5 Å². The molecule has 0 saturated heterocycles. The lowest BCUT2D eigenvalue weighted by Crippen LogP contribution is -2.29. The largest absolute Gasteiger partial charge is 0.495 e. The Kier molecular flexibility index (Phi) is 7.02. The highest BCUT2D eigenvalue weighted by atomic mass is 35.5. The van der Waals surface area contributed by atoms with Crippen molar-refractivity contribution in [2.45, 2.75) is 13.1 Å². The lowest BCUT2D eigenvalue weighted by Gasteiger charge is -2.12. The van der Waals surface area contributed by atoms with Gasteiger partial charge in [-0.15, -0.1) is 5.10 Å². The molecule has 0 unspecified atom stereocenters. The van der Waals surface area contributed by atoms with Gasteiger partial charge < -0.3 is 20.1 Å². The third-order valence-corrected chi connectivity index (χ3v) is 5.47. The Morgan fingerprint density at radius 2 is 1.77 bits per heavy atom. The fourth-order valence-corrected chi connectivity index (χ4v) is 3.66. The highest BCUT2D eigenvalue weighted by molar-refractivity contribution is 6.32. The van der Waals surface area contributed by atoms with Crippen molar-refractivity contribution in [3.63, 3.8) is 0 Å². The predicted octanol–water partition coefficient (Wildman–Crippen LogP) is 2.74. The van der Waals surface area contributed by atoms with Gasteiger partial charge in [-0.1, -0.05) is 41.9 Å². The van der Waals surface area contributed by atoms with Gasteiger partial charge in [-0.25, -0.2) is 13.9 Å². The maximum absolute atomic E-state index is 12.8. The molecule has 0 atom stereocenters. The molecule has 4 aromatic rings. The van der Waals surface area contributed by atoms with Crippen molar-refractivity contribution in [1.82, 2.24) is 19.5 Å². The molecule has 0 fully saturated rings. The van der Waals surface area contributed by atoms with Crippen LogP contribution in [0, 0.1) is 0 Å². The number of nitrogens with zero attached hydrogens (tertiary/aromatic N) is 3. The molecule has 2 aromatic carbocycles. The van der Waals surface area contributed by atoms with Gasteiger partial charge in [-0.05, 0) is 23.8 Å². The summed E-state index contributed by atoms with van der Waals surface area (Å²) in [6, 6.07) is 15.6. The standard InChI is InChI=1S/C24H22ClN5O5/c1-34-19-11-20(35-2)18(10-17(19)25)27-22(31)14-30-24(33)29-13-16(8-9-21(29)28-30)23(32)26-12-15-6-4-3-5-7-15/h3-11,13H,12,14H2,1-2H3,(H,26,32)(H,27,31). The van der Waals surface area contributed by atoms with Crippen LogP contribution in [0.3, 0.4) is 0 Å². The number of hydrogen-bond donors (Lipinski definition) is 2. The molecule has 0 aliphatic carbocycles. The van der Waals surface area contributed by atoms with E-state index in [2.05, 4.69) is 15.7 Å². The van der Waals surface area contributed by atoms with E-state index >= 15 is 0 Å². The van der Waals surface area contributed by atoms with Crippen LogP contribution in [0.1, 0.15) is 15.9 Å². The zero-order valence-electron chi connectivity index (χ0n) is 18.9. The number of benzene rings is 2. The summed E-state index contributed by atoms with van der Waals surface area (Å²) in [5, 5.41) is 9.93. The highest BCUT2D eigenvalue weighted by Crippen LogP contribution is 2.35. The number of carbonyl (C=O) groups is 2. The van der Waals surface area contributed by atoms with E-state index < -0.39 is 11.6 Å². The number of rotatable bonds is 8. The quantitative estimate of drug-likeness (QED) is 0.388. The number of carbonyl (C=O) groups excluding carboxylic acids is 2. The van der Waals surface area contributed by atoms with Crippen molar-refractivity contribution in [1.29, 1.82) is 0 Å². The average Bonchev–Trinajstić information content (AvgIpc) is 3.17. The summed E-state index contributed by atoms with van der Waals surface area (Å²) in [6.45, 7) is -0.00622. The van der Waals surface area contributed by atoms with E-state index in [1.807, 2.05) is 30.3 Å². The lowest BCUT2D eigenvalue weighted by atomic mass is 10.2. The highest BCUT2D eigenvalue weighted by Gasteiger charge is 2.16. The Morgan fingerprint density at radius 1 is 1.03 bits per heavy atom. The second kappa shape index (κ2) is 10.3. The van der Waals surface area contributed by atoms with Crippen LogP contribution in [0.2, 0.25) is 5.02 Å². The zero-order chi connectivity index (χ0) is 24.9. The second-order valence-electron chi connectivity index (χ2n) is 7.49. The number of nitrogens with one attached hydrogen (secondary N) is 2. The first kappa shape index (κ1) is 23.8. The molecule has 35 heavy (non-hydrogen) atoms. The molecule has 0 spiro atoms. The van der Waals surface area contributed by atoms with Gasteiger partial charge in [0, 0.05) is 18.8 Å². The molecule has 0 saturated carbocycles. The van der Waals surface area contributed by atoms with Crippen LogP contribution in [0.5, 0.6) is 11.5 Å². The smallest absolute Gasteiger partial charge is 0.350 e. The molecule has 2 aromatic heterocycles.